The van der Waals surface area contributed by atoms with Gasteiger partial charge in [0.25, 0.3) is 5.91 Å². The van der Waals surface area contributed by atoms with E-state index in [0.29, 0.717) is 17.7 Å². The highest BCUT2D eigenvalue weighted by molar-refractivity contribution is 5.92. The first-order valence-electron chi connectivity index (χ1n) is 7.59. The zero-order valence-electron chi connectivity index (χ0n) is 12.8. The monoisotopic (exact) mass is 278 g/mol. The van der Waals surface area contributed by atoms with Crippen LogP contribution in [0.5, 0.6) is 0 Å². The number of carbonyl (C=O) groups excluding carboxylic acids is 1. The van der Waals surface area contributed by atoms with E-state index in [4.69, 9.17) is 0 Å². The summed E-state index contributed by atoms with van der Waals surface area (Å²) < 4.78 is 1.75. The first kappa shape index (κ1) is 15.0. The van der Waals surface area contributed by atoms with Gasteiger partial charge < -0.3 is 10.2 Å². The van der Waals surface area contributed by atoms with E-state index in [9.17, 15) is 4.79 Å². The van der Waals surface area contributed by atoms with E-state index in [0.717, 1.165) is 19.5 Å². The van der Waals surface area contributed by atoms with Crippen LogP contribution in [0, 0.1) is 5.92 Å². The van der Waals surface area contributed by atoms with Crippen molar-refractivity contribution < 1.29 is 4.79 Å². The largest absolute Gasteiger partial charge is 0.348 e. The second-order valence-corrected chi connectivity index (χ2v) is 5.92. The second-order valence-electron chi connectivity index (χ2n) is 5.92. The average molecular weight is 278 g/mol. The van der Waals surface area contributed by atoms with E-state index in [1.807, 2.05) is 6.92 Å². The Kier molecular flexibility index (Phi) is 5.17. The highest BCUT2D eigenvalue weighted by Gasteiger charge is 2.27. The molecule has 0 spiro atoms. The standard InChI is InChI=1S/C15H26N4O/c1-4-19-14(9-10-16-19)15(20)17-13-8-6-5-7-12(13)11-18(2)3/h9-10,12-13H,4-8,11H2,1-3H3,(H,17,20). The maximum atomic E-state index is 12.4. The van der Waals surface area contributed by atoms with Gasteiger partial charge in [0.1, 0.15) is 5.69 Å². The number of hydrogen-bond acceptors (Lipinski definition) is 3. The van der Waals surface area contributed by atoms with Gasteiger partial charge >= 0.3 is 0 Å². The Balaban J connectivity index is 2.01. The van der Waals surface area contributed by atoms with E-state index in [-0.39, 0.29) is 5.91 Å². The summed E-state index contributed by atoms with van der Waals surface area (Å²) in [5.74, 6) is 0.570. The molecule has 1 aliphatic carbocycles. The summed E-state index contributed by atoms with van der Waals surface area (Å²) in [6.45, 7) is 3.76. The molecule has 2 rings (SSSR count). The van der Waals surface area contributed by atoms with Gasteiger partial charge in [0.15, 0.2) is 0 Å². The predicted octanol–water partition coefficient (Wildman–Crippen LogP) is 1.75. The van der Waals surface area contributed by atoms with Crippen LogP contribution < -0.4 is 5.32 Å². The van der Waals surface area contributed by atoms with Crippen LogP contribution in [0.15, 0.2) is 12.3 Å². The molecule has 1 saturated carbocycles. The lowest BCUT2D eigenvalue weighted by Crippen LogP contribution is -2.45. The van der Waals surface area contributed by atoms with E-state index < -0.39 is 0 Å². The summed E-state index contributed by atoms with van der Waals surface area (Å²) in [6.07, 6.45) is 6.47. The van der Waals surface area contributed by atoms with Crippen molar-refractivity contribution in [3.05, 3.63) is 18.0 Å². The molecule has 5 nitrogen and oxygen atoms in total. The molecule has 20 heavy (non-hydrogen) atoms. The maximum absolute atomic E-state index is 12.4. The number of hydrogen-bond donors (Lipinski definition) is 1. The first-order chi connectivity index (χ1) is 9.61. The molecule has 1 aromatic heterocycles. The van der Waals surface area contributed by atoms with E-state index in [1.165, 1.54) is 19.3 Å². The van der Waals surface area contributed by atoms with Crippen molar-refractivity contribution in [1.82, 2.24) is 20.0 Å². The summed E-state index contributed by atoms with van der Waals surface area (Å²) in [4.78, 5) is 14.6. The third kappa shape index (κ3) is 3.60. The van der Waals surface area contributed by atoms with Crippen molar-refractivity contribution in [1.29, 1.82) is 0 Å². The van der Waals surface area contributed by atoms with Crippen molar-refractivity contribution in [2.45, 2.75) is 45.2 Å². The number of aryl methyl sites for hydroxylation is 1. The number of carbonyl (C=O) groups is 1. The first-order valence-corrected chi connectivity index (χ1v) is 7.59. The molecule has 2 unspecified atom stereocenters. The number of nitrogens with one attached hydrogen (secondary N) is 1. The lowest BCUT2D eigenvalue weighted by atomic mass is 9.84. The molecule has 1 amide bonds. The zero-order chi connectivity index (χ0) is 14.5. The van der Waals surface area contributed by atoms with Crippen LogP contribution in [0.1, 0.15) is 43.1 Å². The SMILES string of the molecule is CCn1nccc1C(=O)NC1CCCCC1CN(C)C. The van der Waals surface area contributed by atoms with Gasteiger partial charge in [-0.25, -0.2) is 0 Å². The summed E-state index contributed by atoms with van der Waals surface area (Å²) in [6, 6.07) is 2.08. The molecule has 112 valence electrons. The molecule has 0 aliphatic heterocycles. The molecular weight excluding hydrogens is 252 g/mol. The Bertz CT molecular complexity index is 441. The molecule has 1 aliphatic rings. The number of rotatable bonds is 5. The van der Waals surface area contributed by atoms with Gasteiger partial charge in [0.2, 0.25) is 0 Å². The molecule has 0 saturated heterocycles. The Morgan fingerprint density at radius 2 is 2.20 bits per heavy atom. The van der Waals surface area contributed by atoms with Crippen LogP contribution in [0.2, 0.25) is 0 Å². The lowest BCUT2D eigenvalue weighted by Gasteiger charge is -2.34. The fraction of sp³-hybridized carbons (Fsp3) is 0.733. The van der Waals surface area contributed by atoms with Crippen molar-refractivity contribution in [3.8, 4) is 0 Å². The fourth-order valence-electron chi connectivity index (χ4n) is 3.11. The lowest BCUT2D eigenvalue weighted by molar-refractivity contribution is 0.0884. The summed E-state index contributed by atoms with van der Waals surface area (Å²) in [5.41, 5.74) is 0.668. The van der Waals surface area contributed by atoms with Gasteiger partial charge in [0, 0.05) is 25.3 Å². The number of aromatic nitrogens is 2. The van der Waals surface area contributed by atoms with Gasteiger partial charge in [-0.2, -0.15) is 5.10 Å². The molecule has 1 fully saturated rings. The van der Waals surface area contributed by atoms with E-state index >= 15 is 0 Å². The molecule has 1 heterocycles. The Hall–Kier alpha value is -1.36. The van der Waals surface area contributed by atoms with Crippen LogP contribution in [-0.2, 0) is 6.54 Å². The van der Waals surface area contributed by atoms with Crippen molar-refractivity contribution in [3.63, 3.8) is 0 Å². The van der Waals surface area contributed by atoms with E-state index in [2.05, 4.69) is 29.4 Å². The van der Waals surface area contributed by atoms with Gasteiger partial charge in [-0.05, 0) is 45.8 Å². The fourth-order valence-corrected chi connectivity index (χ4v) is 3.11. The zero-order valence-corrected chi connectivity index (χ0v) is 12.8. The normalized spacial score (nSPS) is 23.0. The summed E-state index contributed by atoms with van der Waals surface area (Å²) in [5, 5.41) is 7.39. The Labute approximate surface area is 121 Å². The Morgan fingerprint density at radius 1 is 1.45 bits per heavy atom. The van der Waals surface area contributed by atoms with Crippen molar-refractivity contribution >= 4 is 5.91 Å². The molecule has 2 atom stereocenters. The molecule has 0 radical (unpaired) electrons. The highest BCUT2D eigenvalue weighted by Crippen LogP contribution is 2.25. The highest BCUT2D eigenvalue weighted by atomic mass is 16.2. The van der Waals surface area contributed by atoms with Gasteiger partial charge in [0.05, 0.1) is 0 Å². The quantitative estimate of drug-likeness (QED) is 0.893. The summed E-state index contributed by atoms with van der Waals surface area (Å²) >= 11 is 0. The van der Waals surface area contributed by atoms with Gasteiger partial charge in [-0.3, -0.25) is 9.48 Å². The predicted molar refractivity (Wildman–Crippen MR) is 79.7 cm³/mol. The minimum Gasteiger partial charge on any atom is -0.348 e. The Morgan fingerprint density at radius 3 is 2.90 bits per heavy atom. The van der Waals surface area contributed by atoms with Crippen molar-refractivity contribution in [2.24, 2.45) is 5.92 Å². The van der Waals surface area contributed by atoms with Crippen molar-refractivity contribution in [2.75, 3.05) is 20.6 Å². The minimum absolute atomic E-state index is 0.0139. The molecule has 0 bridgehead atoms. The molecule has 5 heteroatoms. The van der Waals surface area contributed by atoms with Crippen LogP contribution in [0.4, 0.5) is 0 Å². The van der Waals surface area contributed by atoms with Gasteiger partial charge in [-0.15, -0.1) is 0 Å². The maximum Gasteiger partial charge on any atom is 0.269 e. The molecule has 0 aromatic carbocycles. The van der Waals surface area contributed by atoms with Crippen LogP contribution >= 0.6 is 0 Å². The van der Waals surface area contributed by atoms with Crippen LogP contribution in [-0.4, -0.2) is 47.3 Å². The number of amides is 1. The third-order valence-electron chi connectivity index (χ3n) is 4.07. The van der Waals surface area contributed by atoms with Crippen LogP contribution in [0.3, 0.4) is 0 Å². The topological polar surface area (TPSA) is 50.2 Å². The number of nitrogens with zero attached hydrogens (tertiary/aromatic N) is 3. The minimum atomic E-state index is 0.0139. The summed E-state index contributed by atoms with van der Waals surface area (Å²) in [7, 11) is 4.19. The van der Waals surface area contributed by atoms with Gasteiger partial charge in [-0.1, -0.05) is 12.8 Å². The average Bonchev–Trinajstić information content (AvgIpc) is 2.88. The van der Waals surface area contributed by atoms with Crippen LogP contribution in [0.25, 0.3) is 0 Å². The second kappa shape index (κ2) is 6.88. The smallest absolute Gasteiger partial charge is 0.269 e. The molecule has 1 N–H and O–H groups in total. The molecule has 1 aromatic rings. The van der Waals surface area contributed by atoms with E-state index in [1.54, 1.807) is 16.9 Å². The molecular formula is C15H26N4O. The third-order valence-corrected chi connectivity index (χ3v) is 4.07.